The molecule has 0 aliphatic carbocycles. The van der Waals surface area contributed by atoms with E-state index in [0.29, 0.717) is 6.04 Å². The van der Waals surface area contributed by atoms with Crippen molar-refractivity contribution in [3.63, 3.8) is 0 Å². The number of fused-ring (bicyclic) bond motifs is 1. The number of hydrogen-bond donors (Lipinski definition) is 2. The molecule has 0 saturated carbocycles. The van der Waals surface area contributed by atoms with Gasteiger partial charge >= 0.3 is 0 Å². The molecule has 2 aliphatic heterocycles. The number of H-pyrrole nitrogens is 1. The lowest BCUT2D eigenvalue weighted by Crippen LogP contribution is -2.39. The molecule has 4 nitrogen and oxygen atoms in total. The van der Waals surface area contributed by atoms with Gasteiger partial charge in [0.2, 0.25) is 0 Å². The van der Waals surface area contributed by atoms with Crippen LogP contribution in [-0.4, -0.2) is 22.4 Å². The summed E-state index contributed by atoms with van der Waals surface area (Å²) in [6.45, 7) is 1.90. The first-order chi connectivity index (χ1) is 7.84. The summed E-state index contributed by atoms with van der Waals surface area (Å²) in [5, 5.41) is 6.73. The maximum Gasteiger partial charge on any atom is 0.270 e. The molecule has 1 aromatic rings. The average Bonchev–Trinajstić information content (AvgIpc) is 2.86. The highest BCUT2D eigenvalue weighted by atomic mass is 32.2. The number of rotatable bonds is 2. The van der Waals surface area contributed by atoms with E-state index in [0.717, 1.165) is 35.9 Å². The topological polar surface area (TPSA) is 49.8 Å². The highest BCUT2D eigenvalue weighted by Gasteiger charge is 2.21. The Bertz CT molecular complexity index is 431. The standard InChI is InChI=1S/C11H17N3OS/c15-11-9-6-16-7-10(9)13-14(11)5-8-3-1-2-4-12-8/h8,12-13H,1-7H2. The minimum atomic E-state index is 0.201. The summed E-state index contributed by atoms with van der Waals surface area (Å²) < 4.78 is 1.80. The van der Waals surface area contributed by atoms with E-state index in [-0.39, 0.29) is 5.56 Å². The molecule has 1 aromatic heterocycles. The summed E-state index contributed by atoms with van der Waals surface area (Å²) in [5.74, 6) is 1.85. The van der Waals surface area contributed by atoms with E-state index >= 15 is 0 Å². The van der Waals surface area contributed by atoms with Crippen LogP contribution in [-0.2, 0) is 18.1 Å². The molecule has 0 amide bonds. The minimum Gasteiger partial charge on any atom is -0.312 e. The minimum absolute atomic E-state index is 0.201. The van der Waals surface area contributed by atoms with Gasteiger partial charge in [-0.15, -0.1) is 0 Å². The molecule has 1 unspecified atom stereocenters. The van der Waals surface area contributed by atoms with Gasteiger partial charge in [0.15, 0.2) is 0 Å². The van der Waals surface area contributed by atoms with Gasteiger partial charge in [-0.3, -0.25) is 14.6 Å². The SMILES string of the molecule is O=c1c2c([nH]n1CC1CCCCN1)CSC2. The van der Waals surface area contributed by atoms with Crippen LogP contribution in [0.15, 0.2) is 4.79 Å². The van der Waals surface area contributed by atoms with Crippen LogP contribution in [0.1, 0.15) is 30.5 Å². The van der Waals surface area contributed by atoms with E-state index in [9.17, 15) is 4.79 Å². The monoisotopic (exact) mass is 239 g/mol. The molecular formula is C11H17N3OS. The molecule has 2 N–H and O–H groups in total. The maximum atomic E-state index is 12.0. The van der Waals surface area contributed by atoms with Crippen LogP contribution in [0.25, 0.3) is 0 Å². The van der Waals surface area contributed by atoms with Crippen LogP contribution in [0.5, 0.6) is 0 Å². The van der Waals surface area contributed by atoms with Gasteiger partial charge in [0.1, 0.15) is 0 Å². The second-order valence-corrected chi connectivity index (χ2v) is 5.61. The number of aromatic amines is 1. The summed E-state index contributed by atoms with van der Waals surface area (Å²) in [7, 11) is 0. The molecule has 3 rings (SSSR count). The fourth-order valence-electron chi connectivity index (χ4n) is 2.53. The van der Waals surface area contributed by atoms with Crippen molar-refractivity contribution < 1.29 is 0 Å². The van der Waals surface area contributed by atoms with Crippen molar-refractivity contribution in [2.75, 3.05) is 6.54 Å². The van der Waals surface area contributed by atoms with Crippen molar-refractivity contribution in [3.05, 3.63) is 21.6 Å². The van der Waals surface area contributed by atoms with Crippen LogP contribution in [0.2, 0.25) is 0 Å². The summed E-state index contributed by atoms with van der Waals surface area (Å²) in [4.78, 5) is 12.0. The summed E-state index contributed by atoms with van der Waals surface area (Å²) >= 11 is 1.82. The predicted molar refractivity (Wildman–Crippen MR) is 65.7 cm³/mol. The lowest BCUT2D eigenvalue weighted by atomic mass is 10.1. The fraction of sp³-hybridized carbons (Fsp3) is 0.727. The van der Waals surface area contributed by atoms with E-state index in [1.54, 1.807) is 4.68 Å². The third-order valence-electron chi connectivity index (χ3n) is 3.45. The number of nitrogens with one attached hydrogen (secondary N) is 2. The van der Waals surface area contributed by atoms with Crippen molar-refractivity contribution in [2.45, 2.75) is 43.4 Å². The first kappa shape index (κ1) is 10.5. The number of piperidine rings is 1. The van der Waals surface area contributed by atoms with E-state index in [4.69, 9.17) is 0 Å². The Hall–Kier alpha value is -0.680. The van der Waals surface area contributed by atoms with Crippen molar-refractivity contribution in [3.8, 4) is 0 Å². The van der Waals surface area contributed by atoms with Gasteiger partial charge in [0.05, 0.1) is 17.8 Å². The van der Waals surface area contributed by atoms with Gasteiger partial charge in [-0.2, -0.15) is 11.8 Å². The van der Waals surface area contributed by atoms with Gasteiger partial charge < -0.3 is 5.32 Å². The molecule has 1 saturated heterocycles. The molecular weight excluding hydrogens is 222 g/mol. The van der Waals surface area contributed by atoms with Crippen molar-refractivity contribution in [2.24, 2.45) is 0 Å². The zero-order valence-corrected chi connectivity index (χ0v) is 10.1. The molecule has 16 heavy (non-hydrogen) atoms. The van der Waals surface area contributed by atoms with Crippen LogP contribution in [0.4, 0.5) is 0 Å². The lowest BCUT2D eigenvalue weighted by molar-refractivity contribution is 0.347. The molecule has 2 aliphatic rings. The Morgan fingerprint density at radius 3 is 3.06 bits per heavy atom. The number of nitrogens with zero attached hydrogens (tertiary/aromatic N) is 1. The summed E-state index contributed by atoms with van der Waals surface area (Å²) in [6, 6.07) is 0.470. The molecule has 1 fully saturated rings. The van der Waals surface area contributed by atoms with E-state index in [2.05, 4.69) is 10.4 Å². The lowest BCUT2D eigenvalue weighted by Gasteiger charge is -2.23. The van der Waals surface area contributed by atoms with Gasteiger partial charge in [-0.25, -0.2) is 0 Å². The normalized spacial score (nSPS) is 24.6. The zero-order valence-electron chi connectivity index (χ0n) is 9.29. The van der Waals surface area contributed by atoms with Crippen molar-refractivity contribution in [1.82, 2.24) is 15.1 Å². The first-order valence-corrected chi connectivity index (χ1v) is 7.12. The summed E-state index contributed by atoms with van der Waals surface area (Å²) in [6.07, 6.45) is 3.73. The van der Waals surface area contributed by atoms with E-state index in [1.165, 1.54) is 19.3 Å². The largest absolute Gasteiger partial charge is 0.312 e. The number of hydrogen-bond acceptors (Lipinski definition) is 3. The van der Waals surface area contributed by atoms with Gasteiger partial charge in [-0.05, 0) is 19.4 Å². The van der Waals surface area contributed by atoms with Crippen molar-refractivity contribution >= 4 is 11.8 Å². The highest BCUT2D eigenvalue weighted by Crippen LogP contribution is 2.25. The quantitative estimate of drug-likeness (QED) is 0.811. The van der Waals surface area contributed by atoms with E-state index in [1.807, 2.05) is 11.8 Å². The third-order valence-corrected chi connectivity index (χ3v) is 4.43. The Balaban J connectivity index is 1.77. The van der Waals surface area contributed by atoms with Gasteiger partial charge in [0, 0.05) is 17.5 Å². The molecule has 0 bridgehead atoms. The molecule has 5 heteroatoms. The summed E-state index contributed by atoms with van der Waals surface area (Å²) in [5.41, 5.74) is 2.35. The molecule has 0 radical (unpaired) electrons. The molecule has 1 atom stereocenters. The first-order valence-electron chi connectivity index (χ1n) is 5.96. The second kappa shape index (κ2) is 4.30. The van der Waals surface area contributed by atoms with Crippen LogP contribution >= 0.6 is 11.8 Å². The fourth-order valence-corrected chi connectivity index (χ4v) is 3.57. The smallest absolute Gasteiger partial charge is 0.270 e. The van der Waals surface area contributed by atoms with Crippen LogP contribution in [0.3, 0.4) is 0 Å². The van der Waals surface area contributed by atoms with Crippen LogP contribution < -0.4 is 10.9 Å². The Morgan fingerprint density at radius 1 is 1.38 bits per heavy atom. The van der Waals surface area contributed by atoms with Crippen molar-refractivity contribution in [1.29, 1.82) is 0 Å². The van der Waals surface area contributed by atoms with Gasteiger partial charge in [0.25, 0.3) is 5.56 Å². The molecule has 0 aromatic carbocycles. The molecule has 3 heterocycles. The predicted octanol–water partition coefficient (Wildman–Crippen LogP) is 1.07. The van der Waals surface area contributed by atoms with Gasteiger partial charge in [-0.1, -0.05) is 6.42 Å². The molecule has 0 spiro atoms. The maximum absolute atomic E-state index is 12.0. The van der Waals surface area contributed by atoms with Crippen LogP contribution in [0, 0.1) is 0 Å². The number of thioether (sulfide) groups is 1. The molecule has 88 valence electrons. The Labute approximate surface area is 98.8 Å². The average molecular weight is 239 g/mol. The third kappa shape index (κ3) is 1.82. The zero-order chi connectivity index (χ0) is 11.0. The van der Waals surface area contributed by atoms with E-state index < -0.39 is 0 Å². The Morgan fingerprint density at radius 2 is 2.31 bits per heavy atom. The number of aromatic nitrogens is 2. The highest BCUT2D eigenvalue weighted by molar-refractivity contribution is 7.98. The second-order valence-electron chi connectivity index (χ2n) is 4.62. The Kier molecular flexibility index (Phi) is 2.81.